The maximum absolute atomic E-state index is 12.7. The molecule has 1 aliphatic heterocycles. The molecule has 1 aromatic rings. The summed E-state index contributed by atoms with van der Waals surface area (Å²) < 4.78 is 33.7. The van der Waals surface area contributed by atoms with Gasteiger partial charge in [-0.3, -0.25) is 14.4 Å². The second kappa shape index (κ2) is 14.1. The second-order valence-electron chi connectivity index (χ2n) is 9.72. The van der Waals surface area contributed by atoms with Crippen molar-refractivity contribution in [3.63, 3.8) is 0 Å². The molecular formula is C27H38O10. The summed E-state index contributed by atoms with van der Waals surface area (Å²) in [5.41, 5.74) is 0.991. The normalized spacial score (nSPS) is 23.6. The number of hydrogen-bond donors (Lipinski definition) is 0. The first-order chi connectivity index (χ1) is 17.5. The molecule has 0 N–H and O–H groups in total. The highest BCUT2D eigenvalue weighted by atomic mass is 16.7. The predicted octanol–water partition coefficient (Wildman–Crippen LogP) is 2.85. The molecule has 0 unspecified atom stereocenters. The smallest absolute Gasteiger partial charge is 0.339 e. The third-order valence-electron chi connectivity index (χ3n) is 5.62. The lowest BCUT2D eigenvalue weighted by Crippen LogP contribution is -2.64. The first-order valence-electron chi connectivity index (χ1n) is 12.5. The van der Waals surface area contributed by atoms with Gasteiger partial charge in [0.25, 0.3) is 0 Å². The van der Waals surface area contributed by atoms with Gasteiger partial charge in [0.05, 0.1) is 31.5 Å². The lowest BCUT2D eigenvalue weighted by molar-refractivity contribution is -0.303. The van der Waals surface area contributed by atoms with Crippen molar-refractivity contribution in [3.8, 4) is 0 Å². The van der Waals surface area contributed by atoms with Crippen LogP contribution in [0.2, 0.25) is 0 Å². The number of carbonyl (C=O) groups is 4. The fourth-order valence-corrected chi connectivity index (χ4v) is 3.39. The van der Waals surface area contributed by atoms with Crippen molar-refractivity contribution in [3.05, 3.63) is 35.9 Å². The number of ether oxygens (including phenoxy) is 6. The molecule has 0 amide bonds. The summed E-state index contributed by atoms with van der Waals surface area (Å²) >= 11 is 0. The number of hydrogen-bond acceptors (Lipinski definition) is 10. The average molecular weight is 523 g/mol. The quantitative estimate of drug-likeness (QED) is 0.316. The standard InChI is InChI=1S/C27H38O10/c1-15(2)23(28)34-19-20(35-24(29)16(3)4)22(36-25(30)17(5)6)27(37-21(19)26(31)32-7)33-14-13-18-11-9-8-10-12-18/h8-12,15-17,19-22,27H,13-14H2,1-7H3/t19-,20-,21-,22+,27+/m0/s1. The average Bonchev–Trinajstić information content (AvgIpc) is 2.86. The van der Waals surface area contributed by atoms with Gasteiger partial charge in [-0.15, -0.1) is 0 Å². The topological polar surface area (TPSA) is 124 Å². The molecule has 206 valence electrons. The zero-order chi connectivity index (χ0) is 27.7. The van der Waals surface area contributed by atoms with Gasteiger partial charge in [0.15, 0.2) is 30.7 Å². The van der Waals surface area contributed by atoms with Crippen LogP contribution in [0.25, 0.3) is 0 Å². The minimum atomic E-state index is -1.49. The summed E-state index contributed by atoms with van der Waals surface area (Å²) in [7, 11) is 1.15. The van der Waals surface area contributed by atoms with E-state index in [1.54, 1.807) is 41.5 Å². The van der Waals surface area contributed by atoms with Crippen LogP contribution in [0.5, 0.6) is 0 Å². The first kappa shape index (κ1) is 30.2. The highest BCUT2D eigenvalue weighted by Crippen LogP contribution is 2.31. The van der Waals surface area contributed by atoms with Crippen molar-refractivity contribution < 1.29 is 47.6 Å². The Kier molecular flexibility index (Phi) is 11.5. The Labute approximate surface area is 217 Å². The molecule has 0 aliphatic carbocycles. The van der Waals surface area contributed by atoms with E-state index in [9.17, 15) is 19.2 Å². The predicted molar refractivity (Wildman–Crippen MR) is 131 cm³/mol. The summed E-state index contributed by atoms with van der Waals surface area (Å²) in [6, 6.07) is 9.52. The molecule has 0 aromatic heterocycles. The van der Waals surface area contributed by atoms with Crippen molar-refractivity contribution in [2.24, 2.45) is 17.8 Å². The summed E-state index contributed by atoms with van der Waals surface area (Å²) in [5, 5.41) is 0. The molecule has 10 heteroatoms. The van der Waals surface area contributed by atoms with E-state index in [0.29, 0.717) is 6.42 Å². The molecule has 0 spiro atoms. The maximum atomic E-state index is 12.7. The minimum absolute atomic E-state index is 0.138. The highest BCUT2D eigenvalue weighted by molar-refractivity contribution is 5.78. The second-order valence-corrected chi connectivity index (χ2v) is 9.72. The molecule has 1 aliphatic rings. The number of esters is 4. The molecule has 1 heterocycles. The van der Waals surface area contributed by atoms with E-state index < -0.39 is 72.3 Å². The van der Waals surface area contributed by atoms with Crippen LogP contribution in [0.15, 0.2) is 30.3 Å². The molecule has 0 bridgehead atoms. The van der Waals surface area contributed by atoms with Gasteiger partial charge >= 0.3 is 23.9 Å². The summed E-state index contributed by atoms with van der Waals surface area (Å²) in [6.07, 6.45) is -6.46. The van der Waals surface area contributed by atoms with Crippen LogP contribution in [-0.2, 0) is 54.0 Å². The maximum Gasteiger partial charge on any atom is 0.339 e. The fourth-order valence-electron chi connectivity index (χ4n) is 3.39. The number of carbonyl (C=O) groups excluding carboxylic acids is 4. The summed E-state index contributed by atoms with van der Waals surface area (Å²) in [6.45, 7) is 9.88. The number of benzene rings is 1. The molecule has 1 fully saturated rings. The van der Waals surface area contributed by atoms with Crippen molar-refractivity contribution in [1.82, 2.24) is 0 Å². The van der Waals surface area contributed by atoms with Crippen LogP contribution in [-0.4, -0.2) is 68.3 Å². The van der Waals surface area contributed by atoms with Gasteiger partial charge in [0.1, 0.15) is 0 Å². The molecule has 0 saturated carbocycles. The Balaban J connectivity index is 2.46. The molecule has 1 saturated heterocycles. The number of rotatable bonds is 11. The highest BCUT2D eigenvalue weighted by Gasteiger charge is 2.56. The van der Waals surface area contributed by atoms with Crippen LogP contribution in [0.4, 0.5) is 0 Å². The molecule has 2 rings (SSSR count). The van der Waals surface area contributed by atoms with Gasteiger partial charge in [0.2, 0.25) is 0 Å². The van der Waals surface area contributed by atoms with E-state index in [1.807, 2.05) is 30.3 Å². The monoisotopic (exact) mass is 522 g/mol. The van der Waals surface area contributed by atoms with Crippen LogP contribution < -0.4 is 0 Å². The van der Waals surface area contributed by atoms with E-state index in [2.05, 4.69) is 0 Å². The minimum Gasteiger partial charge on any atom is -0.467 e. The third-order valence-corrected chi connectivity index (χ3v) is 5.62. The Hall–Kier alpha value is -2.98. The fraction of sp³-hybridized carbons (Fsp3) is 0.630. The molecule has 0 radical (unpaired) electrons. The lowest BCUT2D eigenvalue weighted by Gasteiger charge is -2.44. The van der Waals surface area contributed by atoms with Crippen LogP contribution in [0.1, 0.15) is 47.1 Å². The van der Waals surface area contributed by atoms with Crippen molar-refractivity contribution >= 4 is 23.9 Å². The van der Waals surface area contributed by atoms with Gasteiger partial charge in [-0.05, 0) is 12.0 Å². The van der Waals surface area contributed by atoms with Crippen LogP contribution in [0, 0.1) is 17.8 Å². The van der Waals surface area contributed by atoms with Gasteiger partial charge in [-0.2, -0.15) is 0 Å². The van der Waals surface area contributed by atoms with Crippen LogP contribution >= 0.6 is 0 Å². The summed E-state index contributed by atoms with van der Waals surface area (Å²) in [5.74, 6) is -4.42. The SMILES string of the molecule is COC(=O)[C@H]1O[C@@H](OCCc2ccccc2)[C@H](OC(=O)C(C)C)[C@@H](OC(=O)C(C)C)[C@@H]1OC(=O)C(C)C. The lowest BCUT2D eigenvalue weighted by atomic mass is 9.97. The van der Waals surface area contributed by atoms with Crippen molar-refractivity contribution in [2.45, 2.75) is 78.7 Å². The van der Waals surface area contributed by atoms with Crippen molar-refractivity contribution in [2.75, 3.05) is 13.7 Å². The van der Waals surface area contributed by atoms with E-state index in [4.69, 9.17) is 28.4 Å². The first-order valence-corrected chi connectivity index (χ1v) is 12.5. The molecule has 5 atom stereocenters. The van der Waals surface area contributed by atoms with Gasteiger partial charge in [-0.1, -0.05) is 71.9 Å². The summed E-state index contributed by atoms with van der Waals surface area (Å²) in [4.78, 5) is 50.6. The van der Waals surface area contributed by atoms with E-state index in [1.165, 1.54) is 0 Å². The molecule has 10 nitrogen and oxygen atoms in total. The largest absolute Gasteiger partial charge is 0.467 e. The van der Waals surface area contributed by atoms with E-state index in [0.717, 1.165) is 12.7 Å². The van der Waals surface area contributed by atoms with Gasteiger partial charge < -0.3 is 28.4 Å². The zero-order valence-corrected chi connectivity index (χ0v) is 22.5. The van der Waals surface area contributed by atoms with Crippen molar-refractivity contribution in [1.29, 1.82) is 0 Å². The van der Waals surface area contributed by atoms with E-state index >= 15 is 0 Å². The zero-order valence-electron chi connectivity index (χ0n) is 22.5. The number of methoxy groups -OCH3 is 1. The third kappa shape index (κ3) is 8.53. The Morgan fingerprint density at radius 1 is 0.757 bits per heavy atom. The van der Waals surface area contributed by atoms with Crippen LogP contribution in [0.3, 0.4) is 0 Å². The Morgan fingerprint density at radius 2 is 1.24 bits per heavy atom. The Bertz CT molecular complexity index is 911. The van der Waals surface area contributed by atoms with Gasteiger partial charge in [0, 0.05) is 0 Å². The van der Waals surface area contributed by atoms with Gasteiger partial charge in [-0.25, -0.2) is 4.79 Å². The molecule has 37 heavy (non-hydrogen) atoms. The van der Waals surface area contributed by atoms with E-state index in [-0.39, 0.29) is 6.61 Å². The molecular weight excluding hydrogens is 484 g/mol. The Morgan fingerprint density at radius 3 is 1.73 bits per heavy atom. The molecule has 1 aromatic carbocycles.